The highest BCUT2D eigenvalue weighted by Gasteiger charge is 2.05. The molecule has 0 aliphatic heterocycles. The highest BCUT2D eigenvalue weighted by Crippen LogP contribution is 2.17. The van der Waals surface area contributed by atoms with Gasteiger partial charge < -0.3 is 10.3 Å². The van der Waals surface area contributed by atoms with Crippen molar-refractivity contribution in [3.63, 3.8) is 0 Å². The van der Waals surface area contributed by atoms with Gasteiger partial charge in [-0.25, -0.2) is 4.98 Å². The molecule has 0 atom stereocenters. The third kappa shape index (κ3) is 3.13. The van der Waals surface area contributed by atoms with Crippen LogP contribution in [0.25, 0.3) is 11.3 Å². The summed E-state index contributed by atoms with van der Waals surface area (Å²) in [5, 5.41) is 10.0. The SMILES string of the molecule is O=c1[nH]cnc(NCc2ccc(-c3ccn[nH]3)cc2)c1I. The van der Waals surface area contributed by atoms with E-state index in [2.05, 4.69) is 25.5 Å². The lowest BCUT2D eigenvalue weighted by Crippen LogP contribution is -2.14. The third-order valence-electron chi connectivity index (χ3n) is 3.02. The summed E-state index contributed by atoms with van der Waals surface area (Å²) in [4.78, 5) is 18.1. The zero-order valence-electron chi connectivity index (χ0n) is 10.9. The Morgan fingerprint density at radius 2 is 2.00 bits per heavy atom. The van der Waals surface area contributed by atoms with Crippen LogP contribution in [0.3, 0.4) is 0 Å². The van der Waals surface area contributed by atoms with E-state index in [-0.39, 0.29) is 5.56 Å². The molecule has 21 heavy (non-hydrogen) atoms. The van der Waals surface area contributed by atoms with E-state index in [0.717, 1.165) is 16.8 Å². The van der Waals surface area contributed by atoms with Gasteiger partial charge in [0.25, 0.3) is 5.56 Å². The summed E-state index contributed by atoms with van der Waals surface area (Å²) >= 11 is 1.98. The lowest BCUT2D eigenvalue weighted by Gasteiger charge is -2.07. The first kappa shape index (κ1) is 13.8. The Labute approximate surface area is 134 Å². The van der Waals surface area contributed by atoms with E-state index >= 15 is 0 Å². The van der Waals surface area contributed by atoms with Crippen LogP contribution in [0.4, 0.5) is 5.82 Å². The number of hydrogen-bond donors (Lipinski definition) is 3. The van der Waals surface area contributed by atoms with Crippen LogP contribution < -0.4 is 10.9 Å². The van der Waals surface area contributed by atoms with Gasteiger partial charge in [0.2, 0.25) is 0 Å². The summed E-state index contributed by atoms with van der Waals surface area (Å²) in [6, 6.07) is 10.0. The molecule has 3 N–H and O–H groups in total. The fourth-order valence-corrected chi connectivity index (χ4v) is 2.40. The van der Waals surface area contributed by atoms with Crippen LogP contribution in [0.2, 0.25) is 0 Å². The van der Waals surface area contributed by atoms with Crippen molar-refractivity contribution in [1.82, 2.24) is 20.2 Å². The van der Waals surface area contributed by atoms with Gasteiger partial charge in [-0.1, -0.05) is 24.3 Å². The molecule has 0 radical (unpaired) electrons. The van der Waals surface area contributed by atoms with Gasteiger partial charge in [-0.3, -0.25) is 9.89 Å². The highest BCUT2D eigenvalue weighted by molar-refractivity contribution is 14.1. The van der Waals surface area contributed by atoms with E-state index in [1.165, 1.54) is 6.33 Å². The third-order valence-corrected chi connectivity index (χ3v) is 4.02. The molecule has 0 fully saturated rings. The standard InChI is InChI=1S/C14H12IN5O/c15-12-13(17-8-18-14(12)21)16-7-9-1-3-10(4-2-9)11-5-6-19-20-11/h1-6,8H,7H2,(H,19,20)(H2,16,17,18,21). The molecule has 106 valence electrons. The average Bonchev–Trinajstić information content (AvgIpc) is 3.04. The quantitative estimate of drug-likeness (QED) is 0.595. The largest absolute Gasteiger partial charge is 0.365 e. The molecule has 7 heteroatoms. The smallest absolute Gasteiger partial charge is 0.266 e. The molecule has 0 amide bonds. The first-order chi connectivity index (χ1) is 10.2. The Bertz CT molecular complexity index is 780. The van der Waals surface area contributed by atoms with Crippen molar-refractivity contribution < 1.29 is 0 Å². The number of aromatic nitrogens is 4. The first-order valence-electron chi connectivity index (χ1n) is 6.30. The maximum Gasteiger partial charge on any atom is 0.266 e. The van der Waals surface area contributed by atoms with E-state index in [4.69, 9.17) is 0 Å². The second-order valence-electron chi connectivity index (χ2n) is 4.42. The van der Waals surface area contributed by atoms with Crippen molar-refractivity contribution in [3.8, 4) is 11.3 Å². The fourth-order valence-electron chi connectivity index (χ4n) is 1.91. The number of benzene rings is 1. The van der Waals surface area contributed by atoms with Crippen molar-refractivity contribution in [2.24, 2.45) is 0 Å². The van der Waals surface area contributed by atoms with Gasteiger partial charge >= 0.3 is 0 Å². The van der Waals surface area contributed by atoms with E-state index in [1.54, 1.807) is 6.20 Å². The maximum absolute atomic E-state index is 11.5. The van der Waals surface area contributed by atoms with Crippen molar-refractivity contribution in [3.05, 3.63) is 62.3 Å². The molecule has 3 aromatic rings. The van der Waals surface area contributed by atoms with Crippen LogP contribution in [-0.4, -0.2) is 20.2 Å². The molecular formula is C14H12IN5O. The van der Waals surface area contributed by atoms with E-state index in [9.17, 15) is 4.79 Å². The Balaban J connectivity index is 1.71. The molecule has 6 nitrogen and oxygen atoms in total. The Morgan fingerprint density at radius 1 is 1.19 bits per heavy atom. The first-order valence-corrected chi connectivity index (χ1v) is 7.37. The molecule has 3 rings (SSSR count). The summed E-state index contributed by atoms with van der Waals surface area (Å²) in [6.07, 6.45) is 3.12. The van der Waals surface area contributed by atoms with Gasteiger partial charge in [-0.05, 0) is 39.8 Å². The zero-order chi connectivity index (χ0) is 14.7. The molecule has 0 aliphatic rings. The highest BCUT2D eigenvalue weighted by atomic mass is 127. The summed E-state index contributed by atoms with van der Waals surface area (Å²) in [5.41, 5.74) is 3.04. The number of halogens is 1. The molecule has 0 unspecified atom stereocenters. The average molecular weight is 393 g/mol. The van der Waals surface area contributed by atoms with E-state index in [0.29, 0.717) is 15.9 Å². The summed E-state index contributed by atoms with van der Waals surface area (Å²) in [6.45, 7) is 0.607. The number of nitrogens with zero attached hydrogens (tertiary/aromatic N) is 2. The van der Waals surface area contributed by atoms with Crippen molar-refractivity contribution in [2.75, 3.05) is 5.32 Å². The fraction of sp³-hybridized carbons (Fsp3) is 0.0714. The number of H-pyrrole nitrogens is 2. The summed E-state index contributed by atoms with van der Waals surface area (Å²) < 4.78 is 0.559. The minimum atomic E-state index is -0.136. The number of hydrogen-bond acceptors (Lipinski definition) is 4. The van der Waals surface area contributed by atoms with Gasteiger partial charge in [-0.15, -0.1) is 0 Å². The molecule has 0 saturated carbocycles. The zero-order valence-corrected chi connectivity index (χ0v) is 13.1. The second kappa shape index (κ2) is 6.08. The predicted molar refractivity (Wildman–Crippen MR) is 88.9 cm³/mol. The Morgan fingerprint density at radius 3 is 2.71 bits per heavy atom. The maximum atomic E-state index is 11.5. The van der Waals surface area contributed by atoms with Gasteiger partial charge in [0.1, 0.15) is 9.39 Å². The topological polar surface area (TPSA) is 86.5 Å². The van der Waals surface area contributed by atoms with Crippen LogP contribution in [0.15, 0.2) is 47.7 Å². The van der Waals surface area contributed by atoms with Crippen LogP contribution in [0, 0.1) is 3.57 Å². The van der Waals surface area contributed by atoms with Crippen molar-refractivity contribution in [2.45, 2.75) is 6.54 Å². The van der Waals surface area contributed by atoms with Crippen LogP contribution >= 0.6 is 22.6 Å². The van der Waals surface area contributed by atoms with E-state index in [1.807, 2.05) is 52.9 Å². The predicted octanol–water partition coefficient (Wildman–Crippen LogP) is 2.38. The monoisotopic (exact) mass is 393 g/mol. The van der Waals surface area contributed by atoms with Gasteiger partial charge in [0, 0.05) is 12.7 Å². The van der Waals surface area contributed by atoms with Crippen molar-refractivity contribution in [1.29, 1.82) is 0 Å². The minimum absolute atomic E-state index is 0.136. The van der Waals surface area contributed by atoms with Gasteiger partial charge in [-0.2, -0.15) is 5.10 Å². The lowest BCUT2D eigenvalue weighted by atomic mass is 10.1. The number of rotatable bonds is 4. The second-order valence-corrected chi connectivity index (χ2v) is 5.49. The Kier molecular flexibility index (Phi) is 4.00. The minimum Gasteiger partial charge on any atom is -0.365 e. The molecular weight excluding hydrogens is 381 g/mol. The normalized spacial score (nSPS) is 10.5. The summed E-state index contributed by atoms with van der Waals surface area (Å²) in [5.74, 6) is 0.594. The van der Waals surface area contributed by atoms with Crippen LogP contribution in [0.1, 0.15) is 5.56 Å². The van der Waals surface area contributed by atoms with Gasteiger partial charge in [0.15, 0.2) is 0 Å². The molecule has 0 spiro atoms. The molecule has 2 heterocycles. The van der Waals surface area contributed by atoms with Crippen molar-refractivity contribution >= 4 is 28.4 Å². The summed E-state index contributed by atoms with van der Waals surface area (Å²) in [7, 11) is 0. The van der Waals surface area contributed by atoms with Crippen LogP contribution in [-0.2, 0) is 6.54 Å². The number of aromatic amines is 2. The van der Waals surface area contributed by atoms with E-state index < -0.39 is 0 Å². The van der Waals surface area contributed by atoms with Crippen LogP contribution in [0.5, 0.6) is 0 Å². The number of anilines is 1. The molecule has 1 aromatic carbocycles. The molecule has 0 saturated heterocycles. The van der Waals surface area contributed by atoms with Gasteiger partial charge in [0.05, 0.1) is 12.0 Å². The number of nitrogens with one attached hydrogen (secondary N) is 3. The molecule has 0 bridgehead atoms. The molecule has 0 aliphatic carbocycles. The molecule has 2 aromatic heterocycles. The Hall–Kier alpha value is -2.16. The lowest BCUT2D eigenvalue weighted by molar-refractivity contribution is 1.05.